The van der Waals surface area contributed by atoms with Gasteiger partial charge in [-0.3, -0.25) is 0 Å². The molecule has 1 saturated carbocycles. The van der Waals surface area contributed by atoms with Crippen LogP contribution in [0.25, 0.3) is 11.0 Å². The van der Waals surface area contributed by atoms with E-state index in [2.05, 4.69) is 25.1 Å². The number of nitrogens with zero attached hydrogens (tertiary/aromatic N) is 4. The highest BCUT2D eigenvalue weighted by atomic mass is 15.3. The largest absolute Gasteiger partial charge is 0.372 e. The van der Waals surface area contributed by atoms with Crippen LogP contribution in [0.15, 0.2) is 6.20 Å². The predicted molar refractivity (Wildman–Crippen MR) is 71.7 cm³/mol. The summed E-state index contributed by atoms with van der Waals surface area (Å²) in [5.41, 5.74) is 0.971. The SMILES string of the molecule is CNc1nc(C)nc2c1cnn2C1CCCCC1. The molecule has 5 heteroatoms. The summed E-state index contributed by atoms with van der Waals surface area (Å²) >= 11 is 0. The number of anilines is 1. The smallest absolute Gasteiger partial charge is 0.163 e. The van der Waals surface area contributed by atoms with Crippen LogP contribution < -0.4 is 5.32 Å². The second-order valence-corrected chi connectivity index (χ2v) is 4.99. The molecule has 0 amide bonds. The van der Waals surface area contributed by atoms with E-state index in [1.807, 2.05) is 20.2 Å². The molecule has 0 unspecified atom stereocenters. The van der Waals surface area contributed by atoms with Crippen molar-refractivity contribution < 1.29 is 0 Å². The zero-order valence-corrected chi connectivity index (χ0v) is 11.0. The molecule has 2 aromatic rings. The summed E-state index contributed by atoms with van der Waals surface area (Å²) in [5, 5.41) is 8.69. The van der Waals surface area contributed by atoms with Gasteiger partial charge in [0.15, 0.2) is 5.65 Å². The molecular formula is C13H19N5. The molecule has 0 aromatic carbocycles. The minimum absolute atomic E-state index is 0.509. The van der Waals surface area contributed by atoms with Crippen LogP contribution in [-0.2, 0) is 0 Å². The van der Waals surface area contributed by atoms with Gasteiger partial charge in [-0.1, -0.05) is 19.3 Å². The first-order valence-electron chi connectivity index (χ1n) is 6.69. The van der Waals surface area contributed by atoms with E-state index < -0.39 is 0 Å². The lowest BCUT2D eigenvalue weighted by Gasteiger charge is -2.22. The fraction of sp³-hybridized carbons (Fsp3) is 0.615. The van der Waals surface area contributed by atoms with Gasteiger partial charge in [0.2, 0.25) is 0 Å². The van der Waals surface area contributed by atoms with Crippen molar-refractivity contribution >= 4 is 16.9 Å². The molecule has 0 atom stereocenters. The Bertz CT molecular complexity index is 554. The molecule has 0 saturated heterocycles. The van der Waals surface area contributed by atoms with E-state index in [0.29, 0.717) is 6.04 Å². The minimum Gasteiger partial charge on any atom is -0.372 e. The first kappa shape index (κ1) is 11.4. The Balaban J connectivity index is 2.10. The van der Waals surface area contributed by atoms with Crippen molar-refractivity contribution in [2.24, 2.45) is 0 Å². The van der Waals surface area contributed by atoms with Crippen molar-refractivity contribution in [1.82, 2.24) is 19.7 Å². The molecule has 0 aliphatic heterocycles. The lowest BCUT2D eigenvalue weighted by atomic mass is 9.96. The second kappa shape index (κ2) is 4.55. The van der Waals surface area contributed by atoms with Crippen molar-refractivity contribution in [3.05, 3.63) is 12.0 Å². The Morgan fingerprint density at radius 2 is 2.00 bits per heavy atom. The van der Waals surface area contributed by atoms with E-state index >= 15 is 0 Å². The fourth-order valence-electron chi connectivity index (χ4n) is 2.82. The molecule has 2 aromatic heterocycles. The maximum absolute atomic E-state index is 4.57. The molecule has 5 nitrogen and oxygen atoms in total. The molecule has 1 fully saturated rings. The van der Waals surface area contributed by atoms with Gasteiger partial charge in [-0.2, -0.15) is 5.10 Å². The van der Waals surface area contributed by atoms with Gasteiger partial charge >= 0.3 is 0 Å². The van der Waals surface area contributed by atoms with Gasteiger partial charge < -0.3 is 5.32 Å². The Morgan fingerprint density at radius 3 is 2.72 bits per heavy atom. The van der Waals surface area contributed by atoms with Gasteiger partial charge in [0.05, 0.1) is 17.6 Å². The molecule has 1 N–H and O–H groups in total. The predicted octanol–water partition coefficient (Wildman–Crippen LogP) is 2.68. The Morgan fingerprint density at radius 1 is 1.22 bits per heavy atom. The average Bonchev–Trinajstić information content (AvgIpc) is 2.82. The van der Waals surface area contributed by atoms with Gasteiger partial charge in [-0.15, -0.1) is 0 Å². The fourth-order valence-corrected chi connectivity index (χ4v) is 2.82. The summed E-state index contributed by atoms with van der Waals surface area (Å²) < 4.78 is 2.10. The maximum atomic E-state index is 4.57. The van der Waals surface area contributed by atoms with Crippen LogP contribution in [0.5, 0.6) is 0 Å². The van der Waals surface area contributed by atoms with Crippen LogP contribution in [0, 0.1) is 6.92 Å². The van der Waals surface area contributed by atoms with Crippen LogP contribution in [0.4, 0.5) is 5.82 Å². The third-order valence-electron chi connectivity index (χ3n) is 3.72. The van der Waals surface area contributed by atoms with Gasteiger partial charge in [0, 0.05) is 7.05 Å². The van der Waals surface area contributed by atoms with Gasteiger partial charge in [0.25, 0.3) is 0 Å². The van der Waals surface area contributed by atoms with Crippen LogP contribution in [0.3, 0.4) is 0 Å². The number of nitrogens with one attached hydrogen (secondary N) is 1. The summed E-state index contributed by atoms with van der Waals surface area (Å²) in [4.78, 5) is 8.97. The third kappa shape index (κ3) is 1.83. The maximum Gasteiger partial charge on any atom is 0.163 e. The van der Waals surface area contributed by atoms with Crippen LogP contribution >= 0.6 is 0 Å². The van der Waals surface area contributed by atoms with Crippen LogP contribution in [0.1, 0.15) is 44.0 Å². The highest BCUT2D eigenvalue weighted by Gasteiger charge is 2.20. The van der Waals surface area contributed by atoms with Crippen molar-refractivity contribution in [1.29, 1.82) is 0 Å². The number of aromatic nitrogens is 4. The van der Waals surface area contributed by atoms with E-state index in [0.717, 1.165) is 22.7 Å². The van der Waals surface area contributed by atoms with Crippen molar-refractivity contribution in [2.45, 2.75) is 45.1 Å². The highest BCUT2D eigenvalue weighted by Crippen LogP contribution is 2.31. The number of aryl methyl sites for hydroxylation is 1. The molecule has 2 heterocycles. The lowest BCUT2D eigenvalue weighted by molar-refractivity contribution is 0.335. The summed E-state index contributed by atoms with van der Waals surface area (Å²) in [7, 11) is 1.89. The van der Waals surface area contributed by atoms with Crippen molar-refractivity contribution in [3.8, 4) is 0 Å². The molecule has 1 aliphatic carbocycles. The molecule has 1 aliphatic rings. The number of rotatable bonds is 2. The Kier molecular flexibility index (Phi) is 2.89. The Labute approximate surface area is 107 Å². The van der Waals surface area contributed by atoms with E-state index in [-0.39, 0.29) is 0 Å². The molecule has 3 rings (SSSR count). The number of fused-ring (bicyclic) bond motifs is 1. The normalized spacial score (nSPS) is 17.2. The first-order chi connectivity index (χ1) is 8.79. The number of hydrogen-bond acceptors (Lipinski definition) is 4. The first-order valence-corrected chi connectivity index (χ1v) is 6.69. The van der Waals surface area contributed by atoms with E-state index in [1.165, 1.54) is 32.1 Å². The van der Waals surface area contributed by atoms with E-state index in [4.69, 9.17) is 0 Å². The van der Waals surface area contributed by atoms with E-state index in [9.17, 15) is 0 Å². The standard InChI is InChI=1S/C13H19N5/c1-9-16-12(14-2)11-8-15-18(13(11)17-9)10-6-4-3-5-7-10/h8,10H,3-7H2,1-2H3,(H,14,16,17). The molecular weight excluding hydrogens is 226 g/mol. The molecule has 18 heavy (non-hydrogen) atoms. The highest BCUT2D eigenvalue weighted by molar-refractivity contribution is 5.86. The van der Waals surface area contributed by atoms with Crippen LogP contribution in [0.2, 0.25) is 0 Å². The topological polar surface area (TPSA) is 55.6 Å². The quantitative estimate of drug-likeness (QED) is 0.883. The summed E-state index contributed by atoms with van der Waals surface area (Å²) in [6, 6.07) is 0.509. The zero-order chi connectivity index (χ0) is 12.5. The zero-order valence-electron chi connectivity index (χ0n) is 11.0. The molecule has 96 valence electrons. The van der Waals surface area contributed by atoms with Crippen molar-refractivity contribution in [3.63, 3.8) is 0 Å². The summed E-state index contributed by atoms with van der Waals surface area (Å²) in [6.07, 6.45) is 8.27. The number of hydrogen-bond donors (Lipinski definition) is 1. The summed E-state index contributed by atoms with van der Waals surface area (Å²) in [6.45, 7) is 1.93. The summed E-state index contributed by atoms with van der Waals surface area (Å²) in [5.74, 6) is 1.67. The van der Waals surface area contributed by atoms with Crippen LogP contribution in [-0.4, -0.2) is 26.8 Å². The third-order valence-corrected chi connectivity index (χ3v) is 3.72. The molecule has 0 spiro atoms. The average molecular weight is 245 g/mol. The van der Waals surface area contributed by atoms with Crippen molar-refractivity contribution in [2.75, 3.05) is 12.4 Å². The van der Waals surface area contributed by atoms with Gasteiger partial charge in [-0.05, 0) is 19.8 Å². The Hall–Kier alpha value is -1.65. The van der Waals surface area contributed by atoms with Gasteiger partial charge in [-0.25, -0.2) is 14.6 Å². The van der Waals surface area contributed by atoms with Gasteiger partial charge in [0.1, 0.15) is 11.6 Å². The minimum atomic E-state index is 0.509. The lowest BCUT2D eigenvalue weighted by Crippen LogP contribution is -2.14. The molecule has 0 bridgehead atoms. The monoisotopic (exact) mass is 245 g/mol. The molecule has 0 radical (unpaired) electrons. The van der Waals surface area contributed by atoms with E-state index in [1.54, 1.807) is 0 Å². The second-order valence-electron chi connectivity index (χ2n) is 4.99.